The van der Waals surface area contributed by atoms with Crippen LogP contribution in [-0.2, 0) is 0 Å². The molecule has 0 fully saturated rings. The molecule has 1 heterocycles. The number of aromatic hydroxyl groups is 1. The predicted molar refractivity (Wildman–Crippen MR) is 96.7 cm³/mol. The molecule has 1 aromatic heterocycles. The van der Waals surface area contributed by atoms with Gasteiger partial charge in [-0.25, -0.2) is 10.5 Å². The molecule has 0 saturated heterocycles. The van der Waals surface area contributed by atoms with Crippen LogP contribution < -0.4 is 15.7 Å². The number of fused-ring (bicyclic) bond motifs is 1. The zero-order valence-electron chi connectivity index (χ0n) is 13.9. The SMILES string of the molecule is CCOc1cc(/C=N/NC(=O)c2n[nH]c(=O)c3ccccc23)ccc1O. The Bertz CT molecular complexity index is 1040. The summed E-state index contributed by atoms with van der Waals surface area (Å²) < 4.78 is 5.29. The second-order valence-corrected chi connectivity index (χ2v) is 5.31. The van der Waals surface area contributed by atoms with Crippen molar-refractivity contribution in [3.63, 3.8) is 0 Å². The first-order valence-electron chi connectivity index (χ1n) is 7.86. The fourth-order valence-electron chi connectivity index (χ4n) is 2.39. The van der Waals surface area contributed by atoms with Gasteiger partial charge in [0, 0.05) is 5.39 Å². The number of aromatic nitrogens is 2. The maximum Gasteiger partial charge on any atom is 0.292 e. The summed E-state index contributed by atoms with van der Waals surface area (Å²) in [6.07, 6.45) is 1.41. The van der Waals surface area contributed by atoms with E-state index < -0.39 is 5.91 Å². The lowest BCUT2D eigenvalue weighted by atomic mass is 10.1. The number of nitrogens with zero attached hydrogens (tertiary/aromatic N) is 2. The number of ether oxygens (including phenoxy) is 1. The molecule has 0 atom stereocenters. The van der Waals surface area contributed by atoms with E-state index in [0.717, 1.165) is 0 Å². The van der Waals surface area contributed by atoms with E-state index in [2.05, 4.69) is 20.7 Å². The first-order valence-corrected chi connectivity index (χ1v) is 7.86. The van der Waals surface area contributed by atoms with Crippen molar-refractivity contribution in [1.82, 2.24) is 15.6 Å². The molecule has 3 rings (SSSR count). The lowest BCUT2D eigenvalue weighted by Gasteiger charge is -2.06. The molecule has 2 aromatic carbocycles. The Labute approximate surface area is 148 Å². The zero-order valence-corrected chi connectivity index (χ0v) is 13.9. The molecule has 26 heavy (non-hydrogen) atoms. The van der Waals surface area contributed by atoms with Crippen LogP contribution >= 0.6 is 0 Å². The third-order valence-corrected chi connectivity index (χ3v) is 3.57. The normalized spacial score (nSPS) is 11.0. The number of amides is 1. The molecule has 132 valence electrons. The number of phenolic OH excluding ortho intramolecular Hbond substituents is 1. The van der Waals surface area contributed by atoms with Crippen molar-refractivity contribution in [3.8, 4) is 11.5 Å². The number of nitrogens with one attached hydrogen (secondary N) is 2. The van der Waals surface area contributed by atoms with Crippen LogP contribution in [-0.4, -0.2) is 34.0 Å². The van der Waals surface area contributed by atoms with E-state index in [9.17, 15) is 14.7 Å². The molecule has 0 aliphatic heterocycles. The lowest BCUT2D eigenvalue weighted by Crippen LogP contribution is -2.22. The molecular weight excluding hydrogens is 336 g/mol. The lowest BCUT2D eigenvalue weighted by molar-refractivity contribution is 0.0951. The first kappa shape index (κ1) is 17.2. The molecule has 0 bridgehead atoms. The Kier molecular flexibility index (Phi) is 4.93. The summed E-state index contributed by atoms with van der Waals surface area (Å²) >= 11 is 0. The number of carbonyl (C=O) groups is 1. The van der Waals surface area contributed by atoms with E-state index in [4.69, 9.17) is 4.74 Å². The summed E-state index contributed by atoms with van der Waals surface area (Å²) in [7, 11) is 0. The average molecular weight is 352 g/mol. The Balaban J connectivity index is 1.79. The van der Waals surface area contributed by atoms with E-state index in [0.29, 0.717) is 28.7 Å². The van der Waals surface area contributed by atoms with Crippen molar-refractivity contribution in [2.75, 3.05) is 6.61 Å². The van der Waals surface area contributed by atoms with Gasteiger partial charge in [-0.1, -0.05) is 18.2 Å². The highest BCUT2D eigenvalue weighted by Crippen LogP contribution is 2.26. The van der Waals surface area contributed by atoms with Gasteiger partial charge in [-0.15, -0.1) is 0 Å². The van der Waals surface area contributed by atoms with Gasteiger partial charge in [0.25, 0.3) is 11.5 Å². The Hall–Kier alpha value is -3.68. The van der Waals surface area contributed by atoms with Gasteiger partial charge in [0.05, 0.1) is 18.2 Å². The molecule has 0 spiro atoms. The number of rotatable bonds is 5. The van der Waals surface area contributed by atoms with Gasteiger partial charge in [0.15, 0.2) is 17.2 Å². The zero-order chi connectivity index (χ0) is 18.5. The van der Waals surface area contributed by atoms with E-state index in [1.165, 1.54) is 12.3 Å². The standard InChI is InChI=1S/C18H16N4O4/c1-2-26-15-9-11(7-8-14(15)23)10-19-21-18(25)16-12-5-3-4-6-13(12)17(24)22-20-16/h3-10,23H,2H2,1H3,(H,21,25)(H,22,24)/b19-10+. The van der Waals surface area contributed by atoms with Crippen LogP contribution in [0.4, 0.5) is 0 Å². The van der Waals surface area contributed by atoms with Crippen LogP contribution in [0, 0.1) is 0 Å². The summed E-state index contributed by atoms with van der Waals surface area (Å²) in [5, 5.41) is 20.5. The fraction of sp³-hybridized carbons (Fsp3) is 0.111. The first-order chi connectivity index (χ1) is 12.6. The highest BCUT2D eigenvalue weighted by molar-refractivity contribution is 6.04. The van der Waals surface area contributed by atoms with Crippen molar-refractivity contribution >= 4 is 22.9 Å². The number of carbonyl (C=O) groups excluding carboxylic acids is 1. The van der Waals surface area contributed by atoms with E-state index in [1.54, 1.807) is 36.4 Å². The highest BCUT2D eigenvalue weighted by atomic mass is 16.5. The van der Waals surface area contributed by atoms with E-state index in [1.807, 2.05) is 6.92 Å². The van der Waals surface area contributed by atoms with Crippen LogP contribution in [0.2, 0.25) is 0 Å². The third-order valence-electron chi connectivity index (χ3n) is 3.57. The second kappa shape index (κ2) is 7.47. The minimum absolute atomic E-state index is 0.0249. The van der Waals surface area contributed by atoms with Gasteiger partial charge < -0.3 is 9.84 Å². The van der Waals surface area contributed by atoms with E-state index in [-0.39, 0.29) is 17.0 Å². The van der Waals surface area contributed by atoms with Crippen molar-refractivity contribution in [2.24, 2.45) is 5.10 Å². The smallest absolute Gasteiger partial charge is 0.292 e. The van der Waals surface area contributed by atoms with Crippen molar-refractivity contribution in [3.05, 3.63) is 64.1 Å². The number of hydrogen-bond donors (Lipinski definition) is 3. The number of aromatic amines is 1. The quantitative estimate of drug-likeness (QED) is 0.478. The van der Waals surface area contributed by atoms with Crippen molar-refractivity contribution in [2.45, 2.75) is 6.92 Å². The van der Waals surface area contributed by atoms with Gasteiger partial charge in [-0.05, 0) is 36.8 Å². The molecule has 0 saturated carbocycles. The molecule has 0 unspecified atom stereocenters. The second-order valence-electron chi connectivity index (χ2n) is 5.31. The van der Waals surface area contributed by atoms with Crippen molar-refractivity contribution < 1.29 is 14.6 Å². The van der Waals surface area contributed by atoms with Gasteiger partial charge in [0.1, 0.15) is 0 Å². The monoisotopic (exact) mass is 352 g/mol. The van der Waals surface area contributed by atoms with Gasteiger partial charge in [-0.3, -0.25) is 9.59 Å². The number of hydrazone groups is 1. The van der Waals surface area contributed by atoms with Gasteiger partial charge >= 0.3 is 0 Å². The van der Waals surface area contributed by atoms with Crippen LogP contribution in [0.3, 0.4) is 0 Å². The van der Waals surface area contributed by atoms with Gasteiger partial charge in [0.2, 0.25) is 0 Å². The summed E-state index contributed by atoms with van der Waals surface area (Å²) in [6.45, 7) is 2.22. The summed E-state index contributed by atoms with van der Waals surface area (Å²) in [6, 6.07) is 11.4. The summed E-state index contributed by atoms with van der Waals surface area (Å²) in [4.78, 5) is 24.1. The molecule has 0 radical (unpaired) electrons. The Morgan fingerprint density at radius 1 is 1.31 bits per heavy atom. The van der Waals surface area contributed by atoms with Crippen molar-refractivity contribution in [1.29, 1.82) is 0 Å². The molecule has 1 amide bonds. The molecule has 0 aliphatic carbocycles. The summed E-state index contributed by atoms with van der Waals surface area (Å²) in [5.74, 6) is -0.203. The number of phenols is 1. The van der Waals surface area contributed by atoms with Crippen LogP contribution in [0.1, 0.15) is 23.0 Å². The largest absolute Gasteiger partial charge is 0.504 e. The number of H-pyrrole nitrogens is 1. The number of benzene rings is 2. The maximum atomic E-state index is 12.3. The molecule has 0 aliphatic rings. The fourth-order valence-corrected chi connectivity index (χ4v) is 2.39. The van der Waals surface area contributed by atoms with Crippen LogP contribution in [0.5, 0.6) is 11.5 Å². The Morgan fingerprint density at radius 2 is 2.08 bits per heavy atom. The molecular formula is C18H16N4O4. The molecule has 8 nitrogen and oxygen atoms in total. The molecule has 3 N–H and O–H groups in total. The predicted octanol–water partition coefficient (Wildman–Crippen LogP) is 1.79. The average Bonchev–Trinajstić information content (AvgIpc) is 2.65. The maximum absolute atomic E-state index is 12.3. The summed E-state index contributed by atoms with van der Waals surface area (Å²) in [5.41, 5.74) is 2.70. The highest BCUT2D eigenvalue weighted by Gasteiger charge is 2.13. The third kappa shape index (κ3) is 3.54. The van der Waals surface area contributed by atoms with E-state index >= 15 is 0 Å². The topological polar surface area (TPSA) is 117 Å². The van der Waals surface area contributed by atoms with Crippen LogP contribution in [0.25, 0.3) is 10.8 Å². The number of hydrogen-bond acceptors (Lipinski definition) is 6. The minimum Gasteiger partial charge on any atom is -0.504 e. The van der Waals surface area contributed by atoms with Gasteiger partial charge in [-0.2, -0.15) is 10.2 Å². The van der Waals surface area contributed by atoms with Crippen LogP contribution in [0.15, 0.2) is 52.4 Å². The molecule has 3 aromatic rings. The molecule has 8 heteroatoms. The Morgan fingerprint density at radius 3 is 2.85 bits per heavy atom. The minimum atomic E-state index is -0.558.